The van der Waals surface area contributed by atoms with E-state index in [1.807, 2.05) is 18.2 Å². The number of rotatable bonds is 7. The van der Waals surface area contributed by atoms with E-state index in [0.717, 1.165) is 17.7 Å². The van der Waals surface area contributed by atoms with E-state index in [4.69, 9.17) is 4.74 Å². The Hall–Kier alpha value is -2.49. The Morgan fingerprint density at radius 2 is 1.90 bits per heavy atom. The zero-order chi connectivity index (χ0) is 21.8. The van der Waals surface area contributed by atoms with Crippen molar-refractivity contribution in [3.8, 4) is 5.75 Å². The average molecular weight is 475 g/mol. The summed E-state index contributed by atoms with van der Waals surface area (Å²) in [7, 11) is -2.07. The Morgan fingerprint density at radius 3 is 2.65 bits per heavy atom. The van der Waals surface area contributed by atoms with E-state index in [1.165, 1.54) is 27.6 Å². The molecule has 1 amide bonds. The van der Waals surface area contributed by atoms with Gasteiger partial charge in [0.2, 0.25) is 0 Å². The molecule has 0 unspecified atom stereocenters. The molecule has 0 saturated heterocycles. The van der Waals surface area contributed by atoms with Crippen LogP contribution in [0.5, 0.6) is 5.75 Å². The van der Waals surface area contributed by atoms with E-state index in [9.17, 15) is 13.2 Å². The van der Waals surface area contributed by atoms with Gasteiger partial charge in [0.15, 0.2) is 6.61 Å². The summed E-state index contributed by atoms with van der Waals surface area (Å²) < 4.78 is 32.4. The zero-order valence-electron chi connectivity index (χ0n) is 16.9. The van der Waals surface area contributed by atoms with Crippen LogP contribution in [0.1, 0.15) is 18.0 Å². The minimum atomic E-state index is -3.58. The van der Waals surface area contributed by atoms with E-state index in [-0.39, 0.29) is 22.8 Å². The van der Waals surface area contributed by atoms with Crippen molar-refractivity contribution < 1.29 is 17.9 Å². The first kappa shape index (κ1) is 21.7. The SMILES string of the molecule is CN(c1ccc(OCC(=O)N[C@H]2CCSc3ccccc32)cc1)S(=O)(=O)c1cccs1. The molecule has 2 heterocycles. The second-order valence-corrected chi connectivity index (χ2v) is 11.3. The van der Waals surface area contributed by atoms with Gasteiger partial charge in [-0.3, -0.25) is 9.10 Å². The van der Waals surface area contributed by atoms with Gasteiger partial charge in [-0.15, -0.1) is 23.1 Å². The molecule has 1 atom stereocenters. The molecule has 162 valence electrons. The summed E-state index contributed by atoms with van der Waals surface area (Å²) in [6, 6.07) is 18.0. The maximum absolute atomic E-state index is 12.6. The van der Waals surface area contributed by atoms with Crippen molar-refractivity contribution in [1.82, 2.24) is 5.32 Å². The van der Waals surface area contributed by atoms with Crippen LogP contribution in [0.3, 0.4) is 0 Å². The summed E-state index contributed by atoms with van der Waals surface area (Å²) in [4.78, 5) is 13.6. The number of amides is 1. The highest BCUT2D eigenvalue weighted by Gasteiger charge is 2.23. The molecule has 3 aromatic rings. The van der Waals surface area contributed by atoms with Gasteiger partial charge in [-0.25, -0.2) is 8.42 Å². The zero-order valence-corrected chi connectivity index (χ0v) is 19.3. The third-order valence-corrected chi connectivity index (χ3v) is 9.26. The topological polar surface area (TPSA) is 75.7 Å². The van der Waals surface area contributed by atoms with Gasteiger partial charge < -0.3 is 10.1 Å². The van der Waals surface area contributed by atoms with Crippen LogP contribution in [-0.4, -0.2) is 33.7 Å². The summed E-state index contributed by atoms with van der Waals surface area (Å²) in [6.07, 6.45) is 0.882. The standard InChI is InChI=1S/C22H22N2O4S3/c1-24(31(26,27)22-7-4-13-30-22)16-8-10-17(11-9-16)28-15-21(25)23-19-12-14-29-20-6-3-2-5-18(19)20/h2-11,13,19H,12,14-15H2,1H3,(H,23,25)/t19-/m0/s1. The second kappa shape index (κ2) is 9.33. The highest BCUT2D eigenvalue weighted by molar-refractivity contribution is 7.99. The maximum atomic E-state index is 12.6. The quantitative estimate of drug-likeness (QED) is 0.552. The van der Waals surface area contributed by atoms with Crippen LogP contribution in [0.4, 0.5) is 5.69 Å². The van der Waals surface area contributed by atoms with Crippen LogP contribution in [0.15, 0.2) is 75.1 Å². The van der Waals surface area contributed by atoms with Gasteiger partial charge in [-0.05, 0) is 53.8 Å². The van der Waals surface area contributed by atoms with Crippen LogP contribution in [-0.2, 0) is 14.8 Å². The number of sulfonamides is 1. The molecule has 1 aromatic heterocycles. The number of benzene rings is 2. The highest BCUT2D eigenvalue weighted by Crippen LogP contribution is 2.35. The van der Waals surface area contributed by atoms with E-state index in [0.29, 0.717) is 11.4 Å². The molecule has 0 radical (unpaired) electrons. The predicted octanol–water partition coefficient (Wildman–Crippen LogP) is 4.31. The first-order chi connectivity index (χ1) is 14.9. The predicted molar refractivity (Wildman–Crippen MR) is 125 cm³/mol. The second-order valence-electron chi connectivity index (χ2n) is 6.98. The molecule has 0 bridgehead atoms. The number of carbonyl (C=O) groups is 1. The first-order valence-corrected chi connectivity index (χ1v) is 13.0. The minimum absolute atomic E-state index is 0.00738. The Morgan fingerprint density at radius 1 is 1.13 bits per heavy atom. The number of fused-ring (bicyclic) bond motifs is 1. The lowest BCUT2D eigenvalue weighted by molar-refractivity contribution is -0.123. The molecule has 31 heavy (non-hydrogen) atoms. The van der Waals surface area contributed by atoms with E-state index in [2.05, 4.69) is 11.4 Å². The molecule has 0 fully saturated rings. The van der Waals surface area contributed by atoms with Crippen LogP contribution in [0.2, 0.25) is 0 Å². The van der Waals surface area contributed by atoms with Gasteiger partial charge in [-0.2, -0.15) is 0 Å². The van der Waals surface area contributed by atoms with Gasteiger partial charge in [0.05, 0.1) is 11.7 Å². The molecule has 6 nitrogen and oxygen atoms in total. The number of nitrogens with zero attached hydrogens (tertiary/aromatic N) is 1. The fourth-order valence-corrected chi connectivity index (χ4v) is 6.79. The van der Waals surface area contributed by atoms with Crippen molar-refractivity contribution in [3.63, 3.8) is 0 Å². The molecule has 1 aliphatic heterocycles. The summed E-state index contributed by atoms with van der Waals surface area (Å²) in [5.74, 6) is 1.28. The van der Waals surface area contributed by atoms with Crippen LogP contribution in [0.25, 0.3) is 0 Å². The number of nitrogens with one attached hydrogen (secondary N) is 1. The monoisotopic (exact) mass is 474 g/mol. The number of ether oxygens (including phenoxy) is 1. The van der Waals surface area contributed by atoms with Crippen molar-refractivity contribution in [2.24, 2.45) is 0 Å². The van der Waals surface area contributed by atoms with Crippen LogP contribution >= 0.6 is 23.1 Å². The highest BCUT2D eigenvalue weighted by atomic mass is 32.2. The summed E-state index contributed by atoms with van der Waals surface area (Å²) in [5.41, 5.74) is 1.66. The van der Waals surface area contributed by atoms with Crippen molar-refractivity contribution in [1.29, 1.82) is 0 Å². The summed E-state index contributed by atoms with van der Waals surface area (Å²) in [6.45, 7) is -0.103. The smallest absolute Gasteiger partial charge is 0.273 e. The Balaban J connectivity index is 1.34. The Labute approximate surface area is 190 Å². The van der Waals surface area contributed by atoms with Gasteiger partial charge in [0, 0.05) is 17.7 Å². The lowest BCUT2D eigenvalue weighted by Gasteiger charge is -2.25. The number of anilines is 1. The van der Waals surface area contributed by atoms with E-state index >= 15 is 0 Å². The summed E-state index contributed by atoms with van der Waals surface area (Å²) >= 11 is 2.98. The number of hydrogen-bond donors (Lipinski definition) is 1. The molecular formula is C22H22N2O4S3. The van der Waals surface area contributed by atoms with Gasteiger partial charge >= 0.3 is 0 Å². The molecular weight excluding hydrogens is 452 g/mol. The molecule has 0 saturated carbocycles. The normalized spacial score (nSPS) is 15.7. The van der Waals surface area contributed by atoms with Crippen molar-refractivity contribution >= 4 is 44.7 Å². The molecule has 4 rings (SSSR count). The van der Waals surface area contributed by atoms with Crippen LogP contribution < -0.4 is 14.4 Å². The molecule has 0 aliphatic carbocycles. The average Bonchev–Trinajstić information content (AvgIpc) is 3.34. The van der Waals surface area contributed by atoms with E-state index < -0.39 is 10.0 Å². The lowest BCUT2D eigenvalue weighted by atomic mass is 10.0. The number of thiophene rings is 1. The van der Waals surface area contributed by atoms with Crippen molar-refractivity contribution in [2.45, 2.75) is 21.6 Å². The van der Waals surface area contributed by atoms with E-state index in [1.54, 1.807) is 53.5 Å². The first-order valence-electron chi connectivity index (χ1n) is 9.71. The molecule has 1 N–H and O–H groups in total. The maximum Gasteiger partial charge on any atom is 0.273 e. The number of thioether (sulfide) groups is 1. The fraction of sp³-hybridized carbons (Fsp3) is 0.227. The lowest BCUT2D eigenvalue weighted by Crippen LogP contribution is -2.34. The van der Waals surface area contributed by atoms with Crippen LogP contribution in [0, 0.1) is 0 Å². The third kappa shape index (κ3) is 4.89. The largest absolute Gasteiger partial charge is 0.484 e. The molecule has 2 aromatic carbocycles. The van der Waals surface area contributed by atoms with Crippen molar-refractivity contribution in [2.75, 3.05) is 23.7 Å². The van der Waals surface area contributed by atoms with Crippen molar-refractivity contribution in [3.05, 3.63) is 71.6 Å². The number of carbonyl (C=O) groups excluding carboxylic acids is 1. The van der Waals surface area contributed by atoms with Gasteiger partial charge in [-0.1, -0.05) is 24.3 Å². The minimum Gasteiger partial charge on any atom is -0.484 e. The summed E-state index contributed by atoms with van der Waals surface area (Å²) in [5, 5.41) is 4.78. The van der Waals surface area contributed by atoms with Gasteiger partial charge in [0.1, 0.15) is 9.96 Å². The van der Waals surface area contributed by atoms with Gasteiger partial charge in [0.25, 0.3) is 15.9 Å². The third-order valence-electron chi connectivity index (χ3n) is 4.97. The molecule has 0 spiro atoms. The molecule has 9 heteroatoms. The molecule has 1 aliphatic rings. The Bertz CT molecular complexity index is 1150. The number of hydrogen-bond acceptors (Lipinski definition) is 6. The Kier molecular flexibility index (Phi) is 6.54. The fourth-order valence-electron chi connectivity index (χ4n) is 3.31.